The van der Waals surface area contributed by atoms with Gasteiger partial charge in [-0.05, 0) is 164 Å². The molecule has 0 spiro atoms. The van der Waals surface area contributed by atoms with Crippen molar-refractivity contribution >= 4 is 33.4 Å². The van der Waals surface area contributed by atoms with Gasteiger partial charge < -0.3 is 0 Å². The van der Waals surface area contributed by atoms with Crippen molar-refractivity contribution in [2.24, 2.45) is 5.92 Å². The molecule has 278 valence electrons. The van der Waals surface area contributed by atoms with Crippen molar-refractivity contribution in [2.45, 2.75) is 81.5 Å². The van der Waals surface area contributed by atoms with Gasteiger partial charge in [-0.15, -0.1) is 0 Å². The summed E-state index contributed by atoms with van der Waals surface area (Å²) in [6.07, 6.45) is 13.2. The Morgan fingerprint density at radius 1 is 0.679 bits per heavy atom. The number of carbonyl (C=O) groups excluding carboxylic acids is 2. The lowest BCUT2D eigenvalue weighted by Crippen LogP contribution is -2.39. The third-order valence-electron chi connectivity index (χ3n) is 12.5. The SMILES string of the molecule is N#CC12CCC(=O)C=C1CCCc1cc3c(cnn3-c3ccc(F)cc3)cc12.N#C[C@@]12CCC(=O)C[C@H]1CCCc1cc3c(cnn3-c3ccc(F)cc3)cc12. The van der Waals surface area contributed by atoms with E-state index in [0.29, 0.717) is 32.1 Å². The number of nitrogens with zero attached hydrogens (tertiary/aromatic N) is 6. The maximum absolute atomic E-state index is 13.3. The first-order valence-corrected chi connectivity index (χ1v) is 19.3. The average Bonchev–Trinajstić information content (AvgIpc) is 3.74. The molecule has 1 fully saturated rings. The van der Waals surface area contributed by atoms with Gasteiger partial charge in [0.2, 0.25) is 0 Å². The molecule has 4 aromatic carbocycles. The first kappa shape index (κ1) is 35.4. The lowest BCUT2D eigenvalue weighted by atomic mass is 9.62. The Hall–Kier alpha value is -6.26. The Morgan fingerprint density at radius 3 is 1.88 bits per heavy atom. The van der Waals surface area contributed by atoms with Gasteiger partial charge in [0, 0.05) is 30.0 Å². The normalized spacial score (nSPS) is 22.9. The first-order chi connectivity index (χ1) is 27.2. The van der Waals surface area contributed by atoms with E-state index in [9.17, 15) is 28.9 Å². The molecule has 4 aliphatic carbocycles. The van der Waals surface area contributed by atoms with Crippen LogP contribution >= 0.6 is 0 Å². The Labute approximate surface area is 322 Å². The number of fused-ring (bicyclic) bond motifs is 8. The van der Waals surface area contributed by atoms with Gasteiger partial charge in [-0.25, -0.2) is 18.1 Å². The van der Waals surface area contributed by atoms with Crippen LogP contribution in [0.25, 0.3) is 33.2 Å². The Morgan fingerprint density at radius 2 is 1.27 bits per heavy atom. The van der Waals surface area contributed by atoms with Crippen LogP contribution in [-0.4, -0.2) is 31.1 Å². The molecule has 0 radical (unpaired) electrons. The number of aryl methyl sites for hydroxylation is 2. The molecule has 0 saturated heterocycles. The summed E-state index contributed by atoms with van der Waals surface area (Å²) in [5.74, 6) is -0.0530. The summed E-state index contributed by atoms with van der Waals surface area (Å²) in [5, 5.41) is 31.3. The summed E-state index contributed by atoms with van der Waals surface area (Å²) in [5.41, 5.74) is 7.57. The van der Waals surface area contributed by atoms with Crippen LogP contribution in [0.1, 0.15) is 80.0 Å². The van der Waals surface area contributed by atoms with E-state index in [4.69, 9.17) is 0 Å². The molecule has 4 aliphatic rings. The highest BCUT2D eigenvalue weighted by Crippen LogP contribution is 2.49. The number of Topliss-reactive ketones (excluding diaryl/α,β-unsaturated/α-hetero) is 1. The summed E-state index contributed by atoms with van der Waals surface area (Å²) in [6, 6.07) is 26.2. The van der Waals surface area contributed by atoms with Crippen LogP contribution in [0, 0.1) is 40.2 Å². The Bertz CT molecular complexity index is 2680. The molecule has 1 unspecified atom stereocenters. The van der Waals surface area contributed by atoms with Crippen molar-refractivity contribution in [3.8, 4) is 23.5 Å². The van der Waals surface area contributed by atoms with E-state index in [-0.39, 0.29) is 29.1 Å². The van der Waals surface area contributed by atoms with Crippen LogP contribution in [0.15, 0.2) is 96.8 Å². The lowest BCUT2D eigenvalue weighted by Gasteiger charge is -2.38. The second kappa shape index (κ2) is 13.8. The van der Waals surface area contributed by atoms with Gasteiger partial charge in [0.15, 0.2) is 5.78 Å². The molecule has 6 aromatic rings. The highest BCUT2D eigenvalue weighted by Gasteiger charge is 2.47. The quantitative estimate of drug-likeness (QED) is 0.175. The first-order valence-electron chi connectivity index (χ1n) is 19.3. The number of hydrogen-bond acceptors (Lipinski definition) is 6. The predicted octanol–water partition coefficient (Wildman–Crippen LogP) is 9.18. The number of ketones is 2. The number of carbonyl (C=O) groups is 2. The third-order valence-corrected chi connectivity index (χ3v) is 12.5. The molecule has 10 heteroatoms. The minimum atomic E-state index is -0.716. The number of rotatable bonds is 2. The fourth-order valence-electron chi connectivity index (χ4n) is 9.69. The van der Waals surface area contributed by atoms with Crippen LogP contribution < -0.4 is 0 Å². The molecule has 2 heterocycles. The molecule has 56 heavy (non-hydrogen) atoms. The van der Waals surface area contributed by atoms with Gasteiger partial charge in [-0.2, -0.15) is 20.7 Å². The predicted molar refractivity (Wildman–Crippen MR) is 207 cm³/mol. The lowest BCUT2D eigenvalue weighted by molar-refractivity contribution is -0.122. The number of aromatic nitrogens is 4. The van der Waals surface area contributed by atoms with E-state index in [2.05, 4.69) is 46.6 Å². The van der Waals surface area contributed by atoms with Crippen LogP contribution in [0.3, 0.4) is 0 Å². The largest absolute Gasteiger partial charge is 0.300 e. The second-order valence-corrected chi connectivity index (χ2v) is 15.6. The molecule has 0 amide bonds. The monoisotopic (exact) mass is 744 g/mol. The Kier molecular flexibility index (Phi) is 8.73. The molecule has 3 atom stereocenters. The van der Waals surface area contributed by atoms with E-state index < -0.39 is 10.8 Å². The van der Waals surface area contributed by atoms with Gasteiger partial charge in [-0.1, -0.05) is 0 Å². The summed E-state index contributed by atoms with van der Waals surface area (Å²) >= 11 is 0. The number of nitriles is 2. The maximum atomic E-state index is 13.3. The van der Waals surface area contributed by atoms with E-state index in [0.717, 1.165) is 94.0 Å². The van der Waals surface area contributed by atoms with Crippen LogP contribution in [0.2, 0.25) is 0 Å². The van der Waals surface area contributed by atoms with Gasteiger partial charge in [0.25, 0.3) is 0 Å². The van der Waals surface area contributed by atoms with E-state index >= 15 is 0 Å². The molecule has 0 bridgehead atoms. The summed E-state index contributed by atoms with van der Waals surface area (Å²) in [4.78, 5) is 24.0. The van der Waals surface area contributed by atoms with Crippen molar-refractivity contribution in [2.75, 3.05) is 0 Å². The van der Waals surface area contributed by atoms with Crippen molar-refractivity contribution in [3.63, 3.8) is 0 Å². The van der Waals surface area contributed by atoms with Crippen molar-refractivity contribution in [1.82, 2.24) is 19.6 Å². The smallest absolute Gasteiger partial charge is 0.155 e. The van der Waals surface area contributed by atoms with Crippen molar-refractivity contribution in [3.05, 3.63) is 131 Å². The van der Waals surface area contributed by atoms with Crippen molar-refractivity contribution in [1.29, 1.82) is 10.5 Å². The van der Waals surface area contributed by atoms with Gasteiger partial charge in [-0.3, -0.25) is 9.59 Å². The topological polar surface area (TPSA) is 117 Å². The maximum Gasteiger partial charge on any atom is 0.155 e. The second-order valence-electron chi connectivity index (χ2n) is 15.6. The zero-order chi connectivity index (χ0) is 38.6. The molecule has 0 N–H and O–H groups in total. The minimum Gasteiger partial charge on any atom is -0.300 e. The highest BCUT2D eigenvalue weighted by atomic mass is 19.1. The number of hydrogen-bond donors (Lipinski definition) is 0. The molecule has 8 nitrogen and oxygen atoms in total. The average molecular weight is 745 g/mol. The van der Waals surface area contributed by atoms with E-state index in [1.807, 2.05) is 4.68 Å². The fourth-order valence-corrected chi connectivity index (χ4v) is 9.69. The van der Waals surface area contributed by atoms with E-state index in [1.54, 1.807) is 47.4 Å². The summed E-state index contributed by atoms with van der Waals surface area (Å²) in [7, 11) is 0. The van der Waals surface area contributed by atoms with Gasteiger partial charge in [0.1, 0.15) is 22.8 Å². The fraction of sp³-hybridized carbons (Fsp3) is 0.304. The zero-order valence-electron chi connectivity index (χ0n) is 30.8. The molecule has 0 aliphatic heterocycles. The Balaban J connectivity index is 0.000000146. The number of halogens is 2. The number of allylic oxidation sites excluding steroid dienone is 2. The standard InChI is InChI=1S/C23H20FN3O.C23H18FN3O/c2*24-18-4-6-19(7-5-18)27-22-11-15-2-1-3-17-12-20(28)8-9-23(17,14-25)21(15)10-16(22)13-26-27/h4-7,10-11,13,17H,1-3,8-9,12H2;4-7,10-13H,1-3,8-9H2/t17-,23+;/m1./s1. The van der Waals surface area contributed by atoms with E-state index in [1.165, 1.54) is 29.8 Å². The molecule has 1 saturated carbocycles. The molecular weight excluding hydrogens is 707 g/mol. The van der Waals surface area contributed by atoms with Gasteiger partial charge >= 0.3 is 0 Å². The van der Waals surface area contributed by atoms with Crippen molar-refractivity contribution < 1.29 is 18.4 Å². The highest BCUT2D eigenvalue weighted by molar-refractivity contribution is 5.93. The zero-order valence-corrected chi connectivity index (χ0v) is 30.8. The minimum absolute atomic E-state index is 0.101. The van der Waals surface area contributed by atoms with Crippen LogP contribution in [-0.2, 0) is 33.3 Å². The van der Waals surface area contributed by atoms with Crippen LogP contribution in [0.4, 0.5) is 8.78 Å². The number of benzene rings is 4. The molecule has 10 rings (SSSR count). The third kappa shape index (κ3) is 5.83. The molecule has 2 aromatic heterocycles. The van der Waals surface area contributed by atoms with Crippen LogP contribution in [0.5, 0.6) is 0 Å². The summed E-state index contributed by atoms with van der Waals surface area (Å²) in [6.45, 7) is 0. The van der Waals surface area contributed by atoms with Gasteiger partial charge in [0.05, 0.1) is 52.4 Å². The molecular formula is C46H38F2N6O2. The summed E-state index contributed by atoms with van der Waals surface area (Å²) < 4.78 is 30.2.